The first-order chi connectivity index (χ1) is 43.2. The molecule has 26 heteroatoms. The molecule has 2 fully saturated rings. The number of imide groups is 1. The Hall–Kier alpha value is -7.29. The maximum atomic E-state index is 14.9. The van der Waals surface area contributed by atoms with Gasteiger partial charge in [0.15, 0.2) is 0 Å². The van der Waals surface area contributed by atoms with Crippen molar-refractivity contribution in [2.45, 2.75) is 200 Å². The molecule has 506 valence electrons. The summed E-state index contributed by atoms with van der Waals surface area (Å²) in [5.74, 6) is -6.71. The molecule has 2 saturated heterocycles. The molecular weight excluding hydrogens is 1170 g/mol. The van der Waals surface area contributed by atoms with Gasteiger partial charge in [-0.1, -0.05) is 79.5 Å². The second-order valence-electron chi connectivity index (χ2n) is 25.1. The monoisotopic (exact) mass is 1280 g/mol. The topological polar surface area (TPSA) is 317 Å². The Morgan fingerprint density at radius 1 is 0.769 bits per heavy atom. The van der Waals surface area contributed by atoms with Crippen molar-refractivity contribution in [3.63, 3.8) is 0 Å². The Labute approximate surface area is 535 Å². The molecular formula is C65H101N11O15. The molecule has 11 atom stereocenters. The number of nitrogens with zero attached hydrogens (tertiary/aromatic N) is 5. The van der Waals surface area contributed by atoms with Crippen LogP contribution in [0.5, 0.6) is 0 Å². The summed E-state index contributed by atoms with van der Waals surface area (Å²) in [7, 11) is 6.43. The number of likely N-dealkylation sites (tertiary alicyclic amines) is 1. The molecule has 0 bridgehead atoms. The number of nitrogens with one attached hydrogen (secondary N) is 6. The summed E-state index contributed by atoms with van der Waals surface area (Å²) in [5.41, 5.74) is 6.34. The number of carbonyl (C=O) groups excluding carboxylic acids is 11. The second-order valence-corrected chi connectivity index (χ2v) is 25.1. The van der Waals surface area contributed by atoms with Gasteiger partial charge in [-0.15, -0.1) is 0 Å². The van der Waals surface area contributed by atoms with Crippen LogP contribution in [-0.4, -0.2) is 210 Å². The lowest BCUT2D eigenvalue weighted by Gasteiger charge is -2.41. The summed E-state index contributed by atoms with van der Waals surface area (Å²) in [4.78, 5) is 162. The van der Waals surface area contributed by atoms with Gasteiger partial charge >= 0.3 is 5.97 Å². The lowest BCUT2D eigenvalue weighted by atomic mass is 9.89. The molecule has 3 aliphatic rings. The third-order valence-electron chi connectivity index (χ3n) is 17.7. The highest BCUT2D eigenvalue weighted by Crippen LogP contribution is 2.31. The van der Waals surface area contributed by atoms with E-state index < -0.39 is 96.0 Å². The van der Waals surface area contributed by atoms with Gasteiger partial charge in [0.1, 0.15) is 24.2 Å². The highest BCUT2D eigenvalue weighted by molar-refractivity contribution is 6.12. The normalized spacial score (nSPS) is 18.5. The average molecular weight is 1280 g/mol. The number of hydrogen-bond acceptors (Lipinski definition) is 16. The number of benzene rings is 1. The van der Waals surface area contributed by atoms with Gasteiger partial charge in [-0.2, -0.15) is 0 Å². The maximum Gasteiger partial charge on any atom is 0.306 e. The second kappa shape index (κ2) is 36.1. The van der Waals surface area contributed by atoms with Crippen LogP contribution in [0.3, 0.4) is 0 Å². The van der Waals surface area contributed by atoms with E-state index in [0.717, 1.165) is 34.2 Å². The number of aromatic amines is 1. The Kier molecular flexibility index (Phi) is 29.5. The molecule has 0 spiro atoms. The van der Waals surface area contributed by atoms with Crippen LogP contribution >= 0.6 is 0 Å². The predicted molar refractivity (Wildman–Crippen MR) is 338 cm³/mol. The van der Waals surface area contributed by atoms with Crippen LogP contribution in [0.4, 0.5) is 0 Å². The van der Waals surface area contributed by atoms with Gasteiger partial charge in [0, 0.05) is 96.3 Å². The minimum absolute atomic E-state index is 0.0278. The third kappa shape index (κ3) is 20.9. The summed E-state index contributed by atoms with van der Waals surface area (Å²) < 4.78 is 17.8. The zero-order chi connectivity index (χ0) is 67.2. The van der Waals surface area contributed by atoms with Gasteiger partial charge in [0.25, 0.3) is 23.6 Å². The van der Waals surface area contributed by atoms with E-state index in [9.17, 15) is 52.7 Å². The summed E-state index contributed by atoms with van der Waals surface area (Å²) in [6.45, 7) is 17.5. The number of hydroxylamine groups is 2. The van der Waals surface area contributed by atoms with Crippen LogP contribution < -0.4 is 26.8 Å². The number of unbranched alkanes of at least 4 members (excludes halogenated alkanes) is 2. The lowest BCUT2D eigenvalue weighted by molar-refractivity contribution is -0.199. The molecule has 2 aromatic rings. The Morgan fingerprint density at radius 3 is 2.10 bits per heavy atom. The Bertz CT molecular complexity index is 2840. The number of carbonyl (C=O) groups is 11. The Balaban J connectivity index is 1.16. The SMILES string of the molecule is CC[C@H](C)[C@@H]([C@@H](CC(=O)N1CCC[C@H]1[C@H](OC)[C@@H](C)C(=O)N[C@@H](Cc1c[nH]c2ccccc12)C(=O)N1CCCCO1)OC)N(C)C(=O)[C@@H](NC(=O)[C@H](C(C)C)N(C)CCCC(=O)O[C@H](C)[C@H](NC(C)=O)C(=O)NNC(=O)CCCCCN1C(=O)C=CC1=O)C(C)C. The van der Waals surface area contributed by atoms with Crippen molar-refractivity contribution >= 4 is 75.9 Å². The molecule has 1 aromatic carbocycles. The number of likely N-dealkylation sites (N-methyl/N-ethyl adjacent to an activating group) is 2. The van der Waals surface area contributed by atoms with Crippen molar-refractivity contribution in [1.82, 2.24) is 56.4 Å². The van der Waals surface area contributed by atoms with E-state index in [1.54, 1.807) is 35.7 Å². The number of para-hydroxylation sites is 1. The van der Waals surface area contributed by atoms with Crippen molar-refractivity contribution < 1.29 is 71.8 Å². The van der Waals surface area contributed by atoms with Crippen molar-refractivity contribution in [3.8, 4) is 0 Å². The van der Waals surface area contributed by atoms with E-state index in [0.29, 0.717) is 58.2 Å². The molecule has 0 unspecified atom stereocenters. The molecule has 91 heavy (non-hydrogen) atoms. The van der Waals surface area contributed by atoms with E-state index in [4.69, 9.17) is 19.0 Å². The number of hydrogen-bond donors (Lipinski definition) is 6. The molecule has 3 aliphatic heterocycles. The summed E-state index contributed by atoms with van der Waals surface area (Å²) in [6.07, 6.45) is 6.75. The predicted octanol–water partition coefficient (Wildman–Crippen LogP) is 3.62. The van der Waals surface area contributed by atoms with Gasteiger partial charge in [0.05, 0.1) is 49.3 Å². The summed E-state index contributed by atoms with van der Waals surface area (Å²) in [5, 5.41) is 10.8. The number of fused-ring (bicyclic) bond motifs is 1. The van der Waals surface area contributed by atoms with E-state index in [2.05, 4.69) is 31.8 Å². The minimum Gasteiger partial charge on any atom is -0.460 e. The number of methoxy groups -OCH3 is 2. The van der Waals surface area contributed by atoms with E-state index in [-0.39, 0.29) is 92.5 Å². The molecule has 5 rings (SSSR count). The quantitative estimate of drug-likeness (QED) is 0.0249. The number of amides is 10. The van der Waals surface area contributed by atoms with Gasteiger partial charge in [-0.3, -0.25) is 78.2 Å². The fourth-order valence-corrected chi connectivity index (χ4v) is 12.5. The van der Waals surface area contributed by atoms with Crippen molar-refractivity contribution in [2.75, 3.05) is 61.1 Å². The smallest absolute Gasteiger partial charge is 0.306 e. The number of H-pyrrole nitrogens is 1. The molecule has 4 heterocycles. The van der Waals surface area contributed by atoms with Crippen molar-refractivity contribution in [2.24, 2.45) is 23.7 Å². The van der Waals surface area contributed by atoms with Crippen LogP contribution in [-0.2, 0) is 78.2 Å². The maximum absolute atomic E-state index is 14.9. The van der Waals surface area contributed by atoms with Crippen LogP contribution in [0.15, 0.2) is 42.6 Å². The molecule has 0 radical (unpaired) electrons. The van der Waals surface area contributed by atoms with Gasteiger partial charge in [0.2, 0.25) is 35.4 Å². The zero-order valence-corrected chi connectivity index (χ0v) is 55.6. The third-order valence-corrected chi connectivity index (χ3v) is 17.7. The first-order valence-corrected chi connectivity index (χ1v) is 32.3. The Morgan fingerprint density at radius 2 is 1.47 bits per heavy atom. The highest BCUT2D eigenvalue weighted by atomic mass is 16.7. The fraction of sp³-hybridized carbons (Fsp3) is 0.677. The lowest BCUT2D eigenvalue weighted by Crippen LogP contribution is -2.60. The van der Waals surface area contributed by atoms with Gasteiger partial charge in [-0.05, 0) is 94.8 Å². The highest BCUT2D eigenvalue weighted by Gasteiger charge is 2.44. The first-order valence-electron chi connectivity index (χ1n) is 32.3. The minimum atomic E-state index is -1.36. The van der Waals surface area contributed by atoms with Gasteiger partial charge in [-0.25, -0.2) is 5.06 Å². The van der Waals surface area contributed by atoms with E-state index in [1.807, 2.05) is 72.0 Å². The number of ether oxygens (including phenoxy) is 3. The number of hydrazine groups is 1. The van der Waals surface area contributed by atoms with E-state index in [1.165, 1.54) is 45.3 Å². The molecule has 26 nitrogen and oxygen atoms in total. The van der Waals surface area contributed by atoms with Crippen LogP contribution in [0.25, 0.3) is 10.9 Å². The standard InChI is InChI=1S/C65H101N11O15/c1-14-41(6)59(50(88-12)37-54(81)74-33-22-26-49(74)60(89-13)42(7)61(83)68-48(64(86)76-34-20-21-35-90-76)36-45-38-66-47-25-18-17-24-46(45)47)73(11)65(87)56(39(2)3)69-63(85)58(40(4)5)72(10)31-23-28-55(82)91-43(8)57(67-44(9)77)62(84)71-70-51(78)27-16-15-19-32-75-52(79)29-30-53(75)80/h17-18,24-25,29-30,38-43,48-50,56-60,66H,14-16,19-23,26-28,31-37H2,1-13H3,(H,67,77)(H,68,83)(H,69,85)(H,70,78)(H,71,84)/t41-,42+,43+,48-,49-,50+,56-,57-,58-,59-,60+/m0/s1. The summed E-state index contributed by atoms with van der Waals surface area (Å²) >= 11 is 0. The number of aromatic nitrogens is 1. The van der Waals surface area contributed by atoms with Gasteiger partial charge < -0.3 is 44.9 Å². The van der Waals surface area contributed by atoms with Crippen LogP contribution in [0, 0.1) is 23.7 Å². The fourth-order valence-electron chi connectivity index (χ4n) is 12.5. The molecule has 1 aromatic heterocycles. The molecule has 10 amide bonds. The first kappa shape index (κ1) is 74.4. The average Bonchev–Trinajstić information content (AvgIpc) is 1.91. The van der Waals surface area contributed by atoms with Crippen LogP contribution in [0.2, 0.25) is 0 Å². The van der Waals surface area contributed by atoms with Crippen molar-refractivity contribution in [1.29, 1.82) is 0 Å². The summed E-state index contributed by atoms with van der Waals surface area (Å²) in [6, 6.07) is 2.63. The molecule has 0 aliphatic carbocycles. The molecule has 6 N–H and O–H groups in total. The van der Waals surface area contributed by atoms with E-state index >= 15 is 0 Å². The largest absolute Gasteiger partial charge is 0.460 e. The number of rotatable bonds is 35. The molecule has 0 saturated carbocycles. The van der Waals surface area contributed by atoms with Crippen molar-refractivity contribution in [3.05, 3.63) is 48.2 Å². The zero-order valence-electron chi connectivity index (χ0n) is 55.6. The van der Waals surface area contributed by atoms with Crippen LogP contribution in [0.1, 0.15) is 145 Å². The number of esters is 1.